The Bertz CT molecular complexity index is 1340. The maximum absolute atomic E-state index is 12.8. The molecule has 2 N–H and O–H groups in total. The largest absolute Gasteiger partial charge is 0.325 e. The zero-order chi connectivity index (χ0) is 22.2. The van der Waals surface area contributed by atoms with Crippen molar-refractivity contribution >= 4 is 44.5 Å². The number of aromatic nitrogens is 2. The Morgan fingerprint density at radius 2 is 2.16 bits per heavy atom. The van der Waals surface area contributed by atoms with E-state index in [1.807, 2.05) is 38.1 Å². The summed E-state index contributed by atoms with van der Waals surface area (Å²) >= 11 is 3.28. The van der Waals surface area contributed by atoms with E-state index in [2.05, 4.69) is 37.7 Å². The van der Waals surface area contributed by atoms with Crippen molar-refractivity contribution in [1.82, 2.24) is 14.9 Å². The number of amides is 1. The number of H-pyrrole nitrogens is 1. The molecule has 6 nitrogen and oxygen atoms in total. The number of hydrogen-bond donors (Lipinski definition) is 2. The Hall–Kier alpha value is -2.81. The summed E-state index contributed by atoms with van der Waals surface area (Å²) in [6.45, 7) is 5.24. The van der Waals surface area contributed by atoms with Crippen molar-refractivity contribution in [2.75, 3.05) is 18.4 Å². The minimum atomic E-state index is -0.130. The van der Waals surface area contributed by atoms with Crippen molar-refractivity contribution < 1.29 is 4.79 Å². The van der Waals surface area contributed by atoms with E-state index in [9.17, 15) is 9.59 Å². The number of aromatic amines is 1. The molecule has 0 bridgehead atoms. The van der Waals surface area contributed by atoms with Gasteiger partial charge in [-0.15, -0.1) is 22.7 Å². The maximum Gasteiger partial charge on any atom is 0.260 e. The summed E-state index contributed by atoms with van der Waals surface area (Å²) in [4.78, 5) is 38.4. The van der Waals surface area contributed by atoms with Crippen molar-refractivity contribution in [3.05, 3.63) is 67.4 Å². The van der Waals surface area contributed by atoms with Gasteiger partial charge in [-0.05, 0) is 62.4 Å². The predicted octanol–water partition coefficient (Wildman–Crippen LogP) is 5.11. The molecule has 1 aliphatic rings. The van der Waals surface area contributed by atoms with Gasteiger partial charge in [0.1, 0.15) is 10.7 Å². The number of carbonyl (C=O) groups is 1. The van der Waals surface area contributed by atoms with E-state index in [4.69, 9.17) is 0 Å². The highest BCUT2D eigenvalue weighted by molar-refractivity contribution is 7.18. The van der Waals surface area contributed by atoms with Crippen LogP contribution in [0.1, 0.15) is 34.2 Å². The average molecular weight is 465 g/mol. The number of fused-ring (bicyclic) bond motifs is 1. The molecular formula is C24H24N4O2S2. The molecule has 1 atom stereocenters. The van der Waals surface area contributed by atoms with E-state index in [1.165, 1.54) is 16.2 Å². The first kappa shape index (κ1) is 21.1. The maximum atomic E-state index is 12.8. The molecule has 1 aliphatic heterocycles. The summed E-state index contributed by atoms with van der Waals surface area (Å²) in [5, 5.41) is 5.76. The smallest absolute Gasteiger partial charge is 0.260 e. The molecule has 1 fully saturated rings. The average Bonchev–Trinajstić information content (AvgIpc) is 3.49. The lowest BCUT2D eigenvalue weighted by molar-refractivity contribution is -0.117. The number of rotatable bonds is 5. The molecule has 4 aromatic rings. The predicted molar refractivity (Wildman–Crippen MR) is 132 cm³/mol. The van der Waals surface area contributed by atoms with Crippen LogP contribution in [0, 0.1) is 13.8 Å². The van der Waals surface area contributed by atoms with Gasteiger partial charge in [0.25, 0.3) is 5.56 Å². The van der Waals surface area contributed by atoms with Gasteiger partial charge in [0.15, 0.2) is 0 Å². The highest BCUT2D eigenvalue weighted by atomic mass is 32.1. The molecule has 1 amide bonds. The molecule has 1 aromatic carbocycles. The molecular weight excluding hydrogens is 440 g/mol. The van der Waals surface area contributed by atoms with Gasteiger partial charge in [0, 0.05) is 27.0 Å². The Morgan fingerprint density at radius 3 is 2.97 bits per heavy atom. The number of likely N-dealkylation sites (tertiary alicyclic amines) is 1. The molecule has 1 saturated heterocycles. The monoisotopic (exact) mass is 464 g/mol. The molecule has 5 rings (SSSR count). The van der Waals surface area contributed by atoms with Crippen molar-refractivity contribution in [3.63, 3.8) is 0 Å². The molecule has 0 radical (unpaired) electrons. The Labute approximate surface area is 193 Å². The van der Waals surface area contributed by atoms with Crippen molar-refractivity contribution in [3.8, 4) is 11.4 Å². The fraction of sp³-hybridized carbons (Fsp3) is 0.292. The van der Waals surface area contributed by atoms with Gasteiger partial charge in [0.2, 0.25) is 5.91 Å². The van der Waals surface area contributed by atoms with Gasteiger partial charge in [-0.25, -0.2) is 4.98 Å². The molecule has 164 valence electrons. The van der Waals surface area contributed by atoms with Gasteiger partial charge < -0.3 is 10.3 Å². The molecule has 0 spiro atoms. The van der Waals surface area contributed by atoms with Gasteiger partial charge in [-0.1, -0.05) is 18.2 Å². The van der Waals surface area contributed by atoms with E-state index < -0.39 is 0 Å². The van der Waals surface area contributed by atoms with Crippen molar-refractivity contribution in [1.29, 1.82) is 0 Å². The summed E-state index contributed by atoms with van der Waals surface area (Å²) < 4.78 is 0. The quantitative estimate of drug-likeness (QED) is 0.430. The molecule has 4 heterocycles. The van der Waals surface area contributed by atoms with Crippen LogP contribution in [0.4, 0.5) is 5.69 Å². The zero-order valence-corrected chi connectivity index (χ0v) is 19.6. The fourth-order valence-corrected chi connectivity index (χ4v) is 6.26. The highest BCUT2D eigenvalue weighted by Crippen LogP contribution is 2.34. The van der Waals surface area contributed by atoms with Crippen LogP contribution in [0.2, 0.25) is 0 Å². The van der Waals surface area contributed by atoms with E-state index in [0.717, 1.165) is 40.2 Å². The molecule has 8 heteroatoms. The normalized spacial score (nSPS) is 16.6. The second-order valence-electron chi connectivity index (χ2n) is 8.15. The Balaban J connectivity index is 1.34. The molecule has 0 saturated carbocycles. The van der Waals surface area contributed by atoms with Crippen LogP contribution >= 0.6 is 22.7 Å². The van der Waals surface area contributed by atoms with E-state index in [0.29, 0.717) is 29.5 Å². The number of carbonyl (C=O) groups excluding carboxylic acids is 1. The number of anilines is 1. The first-order chi connectivity index (χ1) is 15.5. The van der Waals surface area contributed by atoms with E-state index in [1.54, 1.807) is 11.3 Å². The van der Waals surface area contributed by atoms with Gasteiger partial charge in [-0.3, -0.25) is 14.5 Å². The van der Waals surface area contributed by atoms with Crippen LogP contribution < -0.4 is 10.9 Å². The molecule has 32 heavy (non-hydrogen) atoms. The lowest BCUT2D eigenvalue weighted by Crippen LogP contribution is -2.32. The molecule has 0 aliphatic carbocycles. The molecule has 1 unspecified atom stereocenters. The first-order valence-corrected chi connectivity index (χ1v) is 12.4. The van der Waals surface area contributed by atoms with Crippen LogP contribution in [0.5, 0.6) is 0 Å². The summed E-state index contributed by atoms with van der Waals surface area (Å²) in [6, 6.07) is 12.0. The SMILES string of the molecule is Cc1sc2nc(-c3cccc(NC(=O)CN4CCCC4c4cccs4)c3)[nH]c(=O)c2c1C. The highest BCUT2D eigenvalue weighted by Gasteiger charge is 2.28. The number of nitrogens with one attached hydrogen (secondary N) is 2. The third-order valence-corrected chi connectivity index (χ3v) is 8.12. The van der Waals surface area contributed by atoms with E-state index >= 15 is 0 Å². The Kier molecular flexibility index (Phi) is 5.67. The minimum absolute atomic E-state index is 0.0352. The summed E-state index contributed by atoms with van der Waals surface area (Å²) in [7, 11) is 0. The van der Waals surface area contributed by atoms with Crippen LogP contribution in [-0.2, 0) is 4.79 Å². The number of nitrogens with zero attached hydrogens (tertiary/aromatic N) is 2. The zero-order valence-electron chi connectivity index (χ0n) is 18.0. The Morgan fingerprint density at radius 1 is 1.28 bits per heavy atom. The van der Waals surface area contributed by atoms with E-state index in [-0.39, 0.29) is 11.5 Å². The summed E-state index contributed by atoms with van der Waals surface area (Å²) in [6.07, 6.45) is 2.20. The third-order valence-electron chi connectivity index (χ3n) is 6.04. The van der Waals surface area contributed by atoms with Gasteiger partial charge in [-0.2, -0.15) is 0 Å². The van der Waals surface area contributed by atoms with Crippen molar-refractivity contribution in [2.45, 2.75) is 32.7 Å². The van der Waals surface area contributed by atoms with Crippen LogP contribution in [0.3, 0.4) is 0 Å². The number of benzene rings is 1. The number of aryl methyl sites for hydroxylation is 2. The lowest BCUT2D eigenvalue weighted by Gasteiger charge is -2.22. The third kappa shape index (κ3) is 4.01. The van der Waals surface area contributed by atoms with Crippen LogP contribution in [-0.4, -0.2) is 33.9 Å². The fourth-order valence-electron chi connectivity index (χ4n) is 4.34. The number of hydrogen-bond acceptors (Lipinski definition) is 6. The lowest BCUT2D eigenvalue weighted by atomic mass is 10.1. The summed E-state index contributed by atoms with van der Waals surface area (Å²) in [5.41, 5.74) is 2.31. The van der Waals surface area contributed by atoms with Gasteiger partial charge in [0.05, 0.1) is 11.9 Å². The summed E-state index contributed by atoms with van der Waals surface area (Å²) in [5.74, 6) is 0.476. The number of thiophene rings is 2. The molecule has 3 aromatic heterocycles. The standard InChI is InChI=1S/C24H24N4O2S2/c1-14-15(2)32-24-21(14)23(30)26-22(27-24)16-6-3-7-17(12-16)25-20(29)13-28-10-4-8-18(28)19-9-5-11-31-19/h3,5-7,9,11-12,18H,4,8,10,13H2,1-2H3,(H,25,29)(H,26,27,30). The second-order valence-corrected chi connectivity index (χ2v) is 10.3. The second kappa shape index (κ2) is 8.61. The topological polar surface area (TPSA) is 78.1 Å². The minimum Gasteiger partial charge on any atom is -0.325 e. The van der Waals surface area contributed by atoms with Crippen molar-refractivity contribution in [2.24, 2.45) is 0 Å². The van der Waals surface area contributed by atoms with Crippen LogP contribution in [0.25, 0.3) is 21.6 Å². The van der Waals surface area contributed by atoms with Crippen LogP contribution in [0.15, 0.2) is 46.6 Å². The first-order valence-electron chi connectivity index (χ1n) is 10.7. The van der Waals surface area contributed by atoms with Gasteiger partial charge >= 0.3 is 0 Å².